The minimum atomic E-state index is -1.19. The number of aliphatic carboxylic acids is 1. The van der Waals surface area contributed by atoms with Gasteiger partial charge in [0.2, 0.25) is 0 Å². The van der Waals surface area contributed by atoms with Gasteiger partial charge in [0.15, 0.2) is 5.65 Å². The van der Waals surface area contributed by atoms with Crippen LogP contribution in [0.15, 0.2) is 46.6 Å². The van der Waals surface area contributed by atoms with Gasteiger partial charge in [-0.1, -0.05) is 29.4 Å². The number of halogens is 1. The first-order chi connectivity index (χ1) is 13.4. The molecule has 3 aromatic heterocycles. The second kappa shape index (κ2) is 7.30. The van der Waals surface area contributed by atoms with Crippen molar-refractivity contribution in [1.29, 1.82) is 0 Å². The molecule has 28 heavy (non-hydrogen) atoms. The number of thiophene rings is 1. The second-order valence-corrected chi connectivity index (χ2v) is 8.41. The van der Waals surface area contributed by atoms with Gasteiger partial charge in [0, 0.05) is 21.0 Å². The maximum absolute atomic E-state index is 12.3. The summed E-state index contributed by atoms with van der Waals surface area (Å²) in [5.74, 6) is -2.26. The number of amides is 1. The number of pyridine rings is 1. The van der Waals surface area contributed by atoms with Crippen LogP contribution in [0.5, 0.6) is 5.75 Å². The van der Waals surface area contributed by atoms with Crippen molar-refractivity contribution in [2.45, 2.75) is 9.92 Å². The van der Waals surface area contributed by atoms with E-state index in [9.17, 15) is 14.7 Å². The number of hydrogen-bond donors (Lipinski definition) is 3. The summed E-state index contributed by atoms with van der Waals surface area (Å²) in [6.45, 7) is -0.573. The lowest BCUT2D eigenvalue weighted by Crippen LogP contribution is -2.29. The zero-order valence-electron chi connectivity index (χ0n) is 13.9. The predicted molar refractivity (Wildman–Crippen MR) is 106 cm³/mol. The van der Waals surface area contributed by atoms with E-state index in [0.29, 0.717) is 9.36 Å². The molecule has 11 heteroatoms. The molecular formula is C17H11ClN4O4S2. The molecule has 0 radical (unpaired) electrons. The SMILES string of the molecule is O=C(O)CNC(=O)c1c(O)cc(Sc2cccc3sc(Cl)cc23)n2ncnc12. The van der Waals surface area contributed by atoms with E-state index in [1.165, 1.54) is 40.0 Å². The van der Waals surface area contributed by atoms with Gasteiger partial charge >= 0.3 is 5.97 Å². The van der Waals surface area contributed by atoms with Crippen LogP contribution in [0.2, 0.25) is 4.34 Å². The van der Waals surface area contributed by atoms with Gasteiger partial charge < -0.3 is 15.5 Å². The number of carbonyl (C=O) groups excluding carboxylic acids is 1. The Morgan fingerprint density at radius 2 is 2.14 bits per heavy atom. The highest BCUT2D eigenvalue weighted by Gasteiger charge is 2.21. The maximum Gasteiger partial charge on any atom is 0.322 e. The number of aromatic nitrogens is 3. The Morgan fingerprint density at radius 1 is 1.32 bits per heavy atom. The Kier molecular flexibility index (Phi) is 4.84. The number of nitrogens with one attached hydrogen (secondary N) is 1. The molecule has 3 N–H and O–H groups in total. The van der Waals surface area contributed by atoms with Gasteiger partial charge in [-0.05, 0) is 18.2 Å². The summed E-state index contributed by atoms with van der Waals surface area (Å²) < 4.78 is 3.12. The topological polar surface area (TPSA) is 117 Å². The summed E-state index contributed by atoms with van der Waals surface area (Å²) >= 11 is 8.93. The fourth-order valence-corrected chi connectivity index (χ4v) is 4.95. The van der Waals surface area contributed by atoms with E-state index in [4.69, 9.17) is 16.7 Å². The molecule has 8 nitrogen and oxygen atoms in total. The minimum Gasteiger partial charge on any atom is -0.507 e. The fraction of sp³-hybridized carbons (Fsp3) is 0.0588. The molecule has 0 aliphatic heterocycles. The highest BCUT2D eigenvalue weighted by atomic mass is 35.5. The van der Waals surface area contributed by atoms with Crippen molar-refractivity contribution in [2.24, 2.45) is 0 Å². The summed E-state index contributed by atoms with van der Waals surface area (Å²) in [4.78, 5) is 27.9. The number of fused-ring (bicyclic) bond motifs is 2. The fourth-order valence-electron chi connectivity index (χ4n) is 2.68. The highest BCUT2D eigenvalue weighted by molar-refractivity contribution is 7.99. The highest BCUT2D eigenvalue weighted by Crippen LogP contribution is 2.40. The Labute approximate surface area is 170 Å². The van der Waals surface area contributed by atoms with E-state index < -0.39 is 18.4 Å². The number of benzene rings is 1. The van der Waals surface area contributed by atoms with Crippen LogP contribution in [0, 0.1) is 0 Å². The molecule has 0 aliphatic rings. The van der Waals surface area contributed by atoms with Crippen LogP contribution in [-0.4, -0.2) is 43.2 Å². The van der Waals surface area contributed by atoms with Crippen LogP contribution in [-0.2, 0) is 4.79 Å². The summed E-state index contributed by atoms with van der Waals surface area (Å²) in [6, 6.07) is 9.06. The molecular weight excluding hydrogens is 424 g/mol. The van der Waals surface area contributed by atoms with Gasteiger partial charge in [-0.2, -0.15) is 5.10 Å². The Morgan fingerprint density at radius 3 is 2.93 bits per heavy atom. The van der Waals surface area contributed by atoms with Crippen LogP contribution in [0.4, 0.5) is 0 Å². The molecule has 0 fully saturated rings. The van der Waals surface area contributed by atoms with Crippen molar-refractivity contribution >= 4 is 62.3 Å². The third-order valence-corrected chi connectivity index (χ3v) is 6.13. The maximum atomic E-state index is 12.3. The lowest BCUT2D eigenvalue weighted by Gasteiger charge is -2.10. The minimum absolute atomic E-state index is 0.126. The molecule has 0 saturated carbocycles. The lowest BCUT2D eigenvalue weighted by molar-refractivity contribution is -0.135. The number of carboxylic acid groups (broad SMARTS) is 1. The normalized spacial score (nSPS) is 11.2. The molecule has 1 aromatic carbocycles. The number of carbonyl (C=O) groups is 2. The first-order valence-corrected chi connectivity index (χ1v) is 9.86. The third kappa shape index (κ3) is 3.37. The van der Waals surface area contributed by atoms with E-state index in [1.807, 2.05) is 24.3 Å². The Bertz CT molecular complexity index is 1240. The van der Waals surface area contributed by atoms with Gasteiger partial charge in [0.05, 0.1) is 4.34 Å². The van der Waals surface area contributed by atoms with Gasteiger partial charge in [0.25, 0.3) is 5.91 Å². The van der Waals surface area contributed by atoms with Crippen molar-refractivity contribution in [2.75, 3.05) is 6.54 Å². The number of hydrogen-bond acceptors (Lipinski definition) is 7. The molecule has 3 heterocycles. The van der Waals surface area contributed by atoms with Gasteiger partial charge in [-0.25, -0.2) is 9.50 Å². The van der Waals surface area contributed by atoms with Crippen LogP contribution in [0.1, 0.15) is 10.4 Å². The summed E-state index contributed by atoms with van der Waals surface area (Å²) in [6.07, 6.45) is 1.26. The Balaban J connectivity index is 1.77. The smallest absolute Gasteiger partial charge is 0.322 e. The summed E-state index contributed by atoms with van der Waals surface area (Å²) in [5.41, 5.74) is -0.0131. The van der Waals surface area contributed by atoms with Gasteiger partial charge in [0.1, 0.15) is 29.2 Å². The zero-order chi connectivity index (χ0) is 19.8. The average Bonchev–Trinajstić information content (AvgIpc) is 3.26. The average molecular weight is 435 g/mol. The number of aromatic hydroxyl groups is 1. The summed E-state index contributed by atoms with van der Waals surface area (Å²) in [7, 11) is 0. The van der Waals surface area contributed by atoms with Crippen molar-refractivity contribution in [3.63, 3.8) is 0 Å². The van der Waals surface area contributed by atoms with Crippen molar-refractivity contribution in [3.05, 3.63) is 46.6 Å². The zero-order valence-corrected chi connectivity index (χ0v) is 16.3. The van der Waals surface area contributed by atoms with Crippen molar-refractivity contribution in [1.82, 2.24) is 19.9 Å². The molecule has 142 valence electrons. The lowest BCUT2D eigenvalue weighted by atomic mass is 10.2. The van der Waals surface area contributed by atoms with Crippen LogP contribution >= 0.6 is 34.7 Å². The molecule has 0 spiro atoms. The first kappa shape index (κ1) is 18.5. The van der Waals surface area contributed by atoms with E-state index in [0.717, 1.165) is 15.0 Å². The van der Waals surface area contributed by atoms with Crippen molar-refractivity contribution < 1.29 is 19.8 Å². The summed E-state index contributed by atoms with van der Waals surface area (Å²) in [5, 5.41) is 27.0. The number of carboxylic acids is 1. The van der Waals surface area contributed by atoms with E-state index in [2.05, 4.69) is 15.4 Å². The molecule has 4 aromatic rings. The van der Waals surface area contributed by atoms with Gasteiger partial charge in [-0.3, -0.25) is 9.59 Å². The largest absolute Gasteiger partial charge is 0.507 e. The van der Waals surface area contributed by atoms with Crippen LogP contribution < -0.4 is 5.32 Å². The van der Waals surface area contributed by atoms with Crippen molar-refractivity contribution in [3.8, 4) is 5.75 Å². The van der Waals surface area contributed by atoms with Crippen LogP contribution in [0.25, 0.3) is 15.7 Å². The standard InChI is InChI=1S/C17H11ClN4O4S2/c18-12-4-8-10(27-12)2-1-3-11(8)28-13-5-9(23)15(16-20-7-21-22(13)16)17(26)19-6-14(24)25/h1-5,7,23H,6H2,(H,19,26)(H,24,25). The monoisotopic (exact) mass is 434 g/mol. The molecule has 0 saturated heterocycles. The molecule has 4 rings (SSSR count). The van der Waals surface area contributed by atoms with E-state index >= 15 is 0 Å². The molecule has 0 bridgehead atoms. The number of nitrogens with zero attached hydrogens (tertiary/aromatic N) is 3. The van der Waals surface area contributed by atoms with E-state index in [1.54, 1.807) is 0 Å². The molecule has 0 unspecified atom stereocenters. The van der Waals surface area contributed by atoms with Gasteiger partial charge in [-0.15, -0.1) is 11.3 Å². The molecule has 0 aliphatic carbocycles. The van der Waals surface area contributed by atoms with Crippen LogP contribution in [0.3, 0.4) is 0 Å². The Hall–Kier alpha value is -2.82. The molecule has 1 amide bonds. The van der Waals surface area contributed by atoms with E-state index in [-0.39, 0.29) is 17.0 Å². The second-order valence-electron chi connectivity index (χ2n) is 5.64. The number of rotatable bonds is 5. The molecule has 0 atom stereocenters. The quantitative estimate of drug-likeness (QED) is 0.441. The third-order valence-electron chi connectivity index (χ3n) is 3.83. The first-order valence-electron chi connectivity index (χ1n) is 7.85. The predicted octanol–water partition coefficient (Wildman–Crippen LogP) is 3.27.